The first-order chi connectivity index (χ1) is 15.6. The van der Waals surface area contributed by atoms with E-state index in [0.29, 0.717) is 23.2 Å². The minimum absolute atomic E-state index is 0.178. The van der Waals surface area contributed by atoms with Crippen LogP contribution in [-0.2, 0) is 0 Å². The number of imidazole rings is 1. The number of aromatic nitrogens is 4. The number of pyridine rings is 2. The number of hydrogen-bond acceptors (Lipinski definition) is 7. The maximum Gasteiger partial charge on any atom is 0.277 e. The van der Waals surface area contributed by atoms with Crippen molar-refractivity contribution in [3.63, 3.8) is 0 Å². The molecule has 0 saturated carbocycles. The van der Waals surface area contributed by atoms with Crippen molar-refractivity contribution in [3.05, 3.63) is 60.1 Å². The number of hydrogen-bond donors (Lipinski definition) is 2. The summed E-state index contributed by atoms with van der Waals surface area (Å²) in [6.45, 7) is 3.89. The number of fused-ring (bicyclic) bond motifs is 1. The average molecular weight is 432 g/mol. The average Bonchev–Trinajstić information content (AvgIpc) is 3.46. The Morgan fingerprint density at radius 1 is 1.25 bits per heavy atom. The zero-order chi connectivity index (χ0) is 22.1. The fraction of sp³-hybridized carbons (Fsp3) is 0.304. The predicted octanol–water partition coefficient (Wildman–Crippen LogP) is 3.42. The number of rotatable bonds is 5. The number of ether oxygens (including phenoxy) is 1. The van der Waals surface area contributed by atoms with Gasteiger partial charge < -0.3 is 24.2 Å². The number of anilines is 1. The van der Waals surface area contributed by atoms with Crippen molar-refractivity contribution in [1.29, 1.82) is 0 Å². The van der Waals surface area contributed by atoms with Crippen LogP contribution in [-0.4, -0.2) is 45.5 Å². The standard InChI is InChI=1S/C23H24N6O3/c1-14-9-16(5-8-25-14)23-28-19(13-32-23)22(30)27-18-12-29-11-17(15-3-6-24-7-4-15)26-21(29)10-20(18)31-2/h5,8-13,15,24H,3-4,6-7H2,1-2H3,(H,27,30). The highest BCUT2D eigenvalue weighted by Crippen LogP contribution is 2.30. The monoisotopic (exact) mass is 432 g/mol. The maximum atomic E-state index is 12.8. The molecule has 2 N–H and O–H groups in total. The molecule has 1 amide bonds. The van der Waals surface area contributed by atoms with Gasteiger partial charge in [-0.15, -0.1) is 0 Å². The van der Waals surface area contributed by atoms with Gasteiger partial charge in [0.25, 0.3) is 5.91 Å². The van der Waals surface area contributed by atoms with E-state index in [0.717, 1.165) is 48.5 Å². The Kier molecular flexibility index (Phi) is 5.32. The van der Waals surface area contributed by atoms with E-state index >= 15 is 0 Å². The van der Waals surface area contributed by atoms with Gasteiger partial charge in [-0.05, 0) is 45.0 Å². The van der Waals surface area contributed by atoms with Crippen molar-refractivity contribution in [2.45, 2.75) is 25.7 Å². The molecule has 4 aromatic heterocycles. The van der Waals surface area contributed by atoms with Crippen LogP contribution in [0.1, 0.15) is 40.6 Å². The second-order valence-corrected chi connectivity index (χ2v) is 7.89. The molecule has 1 saturated heterocycles. The van der Waals surface area contributed by atoms with E-state index in [2.05, 4.69) is 20.6 Å². The minimum Gasteiger partial charge on any atom is -0.494 e. The molecule has 0 aliphatic carbocycles. The molecule has 164 valence electrons. The molecule has 32 heavy (non-hydrogen) atoms. The fourth-order valence-corrected chi connectivity index (χ4v) is 3.99. The van der Waals surface area contributed by atoms with Crippen LogP contribution in [0.3, 0.4) is 0 Å². The van der Waals surface area contributed by atoms with Gasteiger partial charge in [-0.1, -0.05) is 0 Å². The molecule has 4 aromatic rings. The molecular formula is C23H24N6O3. The second-order valence-electron chi connectivity index (χ2n) is 7.89. The number of oxazole rings is 1. The SMILES string of the molecule is COc1cc2nc(C3CCNCC3)cn2cc1NC(=O)c1coc(-c2ccnc(C)c2)n1. The van der Waals surface area contributed by atoms with Crippen molar-refractivity contribution in [2.24, 2.45) is 0 Å². The van der Waals surface area contributed by atoms with Crippen molar-refractivity contribution < 1.29 is 13.9 Å². The molecule has 1 fully saturated rings. The topological polar surface area (TPSA) is 107 Å². The van der Waals surface area contributed by atoms with Crippen molar-refractivity contribution >= 4 is 17.2 Å². The zero-order valence-corrected chi connectivity index (χ0v) is 18.0. The smallest absolute Gasteiger partial charge is 0.277 e. The number of carbonyl (C=O) groups excluding carboxylic acids is 1. The largest absolute Gasteiger partial charge is 0.494 e. The number of carbonyl (C=O) groups is 1. The molecule has 0 aromatic carbocycles. The lowest BCUT2D eigenvalue weighted by molar-refractivity contribution is 0.102. The Morgan fingerprint density at radius 3 is 2.88 bits per heavy atom. The highest BCUT2D eigenvalue weighted by atomic mass is 16.5. The summed E-state index contributed by atoms with van der Waals surface area (Å²) in [5, 5.41) is 6.26. The van der Waals surface area contributed by atoms with Crippen LogP contribution in [0.5, 0.6) is 5.75 Å². The molecule has 5 rings (SSSR count). The van der Waals surface area contributed by atoms with E-state index in [4.69, 9.17) is 14.1 Å². The third-order valence-electron chi connectivity index (χ3n) is 5.68. The molecule has 9 heteroatoms. The Balaban J connectivity index is 1.39. The van der Waals surface area contributed by atoms with Crippen molar-refractivity contribution in [1.82, 2.24) is 24.7 Å². The molecule has 5 heterocycles. The van der Waals surface area contributed by atoms with Gasteiger partial charge in [0.15, 0.2) is 5.69 Å². The first kappa shape index (κ1) is 20.2. The fourth-order valence-electron chi connectivity index (χ4n) is 3.99. The lowest BCUT2D eigenvalue weighted by Crippen LogP contribution is -2.26. The molecule has 0 atom stereocenters. The number of methoxy groups -OCH3 is 1. The van der Waals surface area contributed by atoms with Gasteiger partial charge in [0.05, 0.1) is 12.8 Å². The lowest BCUT2D eigenvalue weighted by atomic mass is 9.95. The number of piperidine rings is 1. The summed E-state index contributed by atoms with van der Waals surface area (Å²) in [4.78, 5) is 26.1. The van der Waals surface area contributed by atoms with Gasteiger partial charge in [0, 0.05) is 41.8 Å². The summed E-state index contributed by atoms with van der Waals surface area (Å²) in [5.74, 6) is 0.943. The summed E-state index contributed by atoms with van der Waals surface area (Å²) in [6, 6.07) is 5.47. The number of nitrogens with zero attached hydrogens (tertiary/aromatic N) is 4. The molecule has 0 bridgehead atoms. The van der Waals surface area contributed by atoms with Gasteiger partial charge in [-0.3, -0.25) is 9.78 Å². The molecule has 9 nitrogen and oxygen atoms in total. The third kappa shape index (κ3) is 3.94. The van der Waals surface area contributed by atoms with Gasteiger partial charge in [-0.2, -0.15) is 0 Å². The number of aryl methyl sites for hydroxylation is 1. The molecule has 1 aliphatic rings. The Morgan fingerprint density at radius 2 is 2.09 bits per heavy atom. The van der Waals surface area contributed by atoms with Crippen LogP contribution in [0, 0.1) is 6.92 Å². The summed E-state index contributed by atoms with van der Waals surface area (Å²) in [6.07, 6.45) is 9.00. The molecule has 0 spiro atoms. The molecular weight excluding hydrogens is 408 g/mol. The first-order valence-corrected chi connectivity index (χ1v) is 10.6. The van der Waals surface area contributed by atoms with E-state index in [1.807, 2.05) is 35.9 Å². The van der Waals surface area contributed by atoms with Crippen LogP contribution in [0.25, 0.3) is 17.1 Å². The lowest BCUT2D eigenvalue weighted by Gasteiger charge is -2.20. The highest BCUT2D eigenvalue weighted by molar-refractivity contribution is 6.03. The van der Waals surface area contributed by atoms with E-state index in [-0.39, 0.29) is 11.6 Å². The number of nitrogens with one attached hydrogen (secondary N) is 2. The Hall–Kier alpha value is -3.72. The Labute approximate surface area is 184 Å². The molecule has 0 radical (unpaired) electrons. The Bertz CT molecular complexity index is 1270. The summed E-state index contributed by atoms with van der Waals surface area (Å²) in [7, 11) is 1.57. The van der Waals surface area contributed by atoms with Gasteiger partial charge >= 0.3 is 0 Å². The summed E-state index contributed by atoms with van der Waals surface area (Å²) < 4.78 is 12.9. The number of amides is 1. The first-order valence-electron chi connectivity index (χ1n) is 10.6. The predicted molar refractivity (Wildman–Crippen MR) is 119 cm³/mol. The molecule has 1 aliphatic heterocycles. The van der Waals surface area contributed by atoms with Crippen molar-refractivity contribution in [2.75, 3.05) is 25.5 Å². The van der Waals surface area contributed by atoms with Crippen LogP contribution in [0.4, 0.5) is 5.69 Å². The van der Waals surface area contributed by atoms with E-state index in [1.54, 1.807) is 19.4 Å². The van der Waals surface area contributed by atoms with Gasteiger partial charge in [0.1, 0.15) is 23.3 Å². The van der Waals surface area contributed by atoms with E-state index in [1.165, 1.54) is 6.26 Å². The normalized spacial score (nSPS) is 14.6. The van der Waals surface area contributed by atoms with E-state index < -0.39 is 0 Å². The minimum atomic E-state index is -0.387. The van der Waals surface area contributed by atoms with Crippen molar-refractivity contribution in [3.8, 4) is 17.2 Å². The third-order valence-corrected chi connectivity index (χ3v) is 5.68. The summed E-state index contributed by atoms with van der Waals surface area (Å²) in [5.41, 5.74) is 4.16. The zero-order valence-electron chi connectivity index (χ0n) is 18.0. The second kappa shape index (κ2) is 8.43. The van der Waals surface area contributed by atoms with E-state index in [9.17, 15) is 4.79 Å². The van der Waals surface area contributed by atoms with Crippen LogP contribution in [0.15, 0.2) is 47.5 Å². The van der Waals surface area contributed by atoms with Gasteiger partial charge in [0.2, 0.25) is 5.89 Å². The highest BCUT2D eigenvalue weighted by Gasteiger charge is 2.20. The quantitative estimate of drug-likeness (QED) is 0.498. The summed E-state index contributed by atoms with van der Waals surface area (Å²) >= 11 is 0. The van der Waals surface area contributed by atoms with Gasteiger partial charge in [-0.25, -0.2) is 9.97 Å². The van der Waals surface area contributed by atoms with Crippen LogP contribution < -0.4 is 15.4 Å². The van der Waals surface area contributed by atoms with Crippen LogP contribution >= 0.6 is 0 Å². The maximum absolute atomic E-state index is 12.8. The van der Waals surface area contributed by atoms with Crippen LogP contribution in [0.2, 0.25) is 0 Å². The molecule has 0 unspecified atom stereocenters.